The minimum Gasteiger partial charge on any atom is -0.366 e. The number of nitrogens with two attached hydrogens (primary N) is 1. The molecule has 214 valence electrons. The van der Waals surface area contributed by atoms with Crippen LogP contribution in [0.4, 0.5) is 5.95 Å². The van der Waals surface area contributed by atoms with Crippen molar-refractivity contribution in [3.63, 3.8) is 0 Å². The molecule has 2 aromatic carbocycles. The molecule has 5 rings (SSSR count). The normalized spacial score (nSPS) is 16.8. The number of anilines is 1. The summed E-state index contributed by atoms with van der Waals surface area (Å²) in [6, 6.07) is 17.7. The van der Waals surface area contributed by atoms with E-state index in [1.165, 1.54) is 6.08 Å². The van der Waals surface area contributed by atoms with Gasteiger partial charge in [-0.25, -0.2) is 9.97 Å². The summed E-state index contributed by atoms with van der Waals surface area (Å²) < 4.78 is 0. The van der Waals surface area contributed by atoms with E-state index in [4.69, 9.17) is 22.3 Å². The van der Waals surface area contributed by atoms with E-state index in [9.17, 15) is 9.59 Å². The van der Waals surface area contributed by atoms with Gasteiger partial charge in [0.05, 0.1) is 16.9 Å². The molecule has 41 heavy (non-hydrogen) atoms. The second-order valence-corrected chi connectivity index (χ2v) is 10.7. The van der Waals surface area contributed by atoms with Crippen LogP contribution in [-0.2, 0) is 4.79 Å². The number of carbonyl (C=O) groups excluding carboxylic acids is 2. The molecule has 0 radical (unpaired) electrons. The van der Waals surface area contributed by atoms with E-state index < -0.39 is 5.91 Å². The summed E-state index contributed by atoms with van der Waals surface area (Å²) in [5, 5.41) is 8.21. The van der Waals surface area contributed by atoms with E-state index in [0.29, 0.717) is 22.2 Å². The predicted octanol–water partition coefficient (Wildman–Crippen LogP) is 5.02. The van der Waals surface area contributed by atoms with Gasteiger partial charge in [-0.15, -0.1) is 0 Å². The number of rotatable bonds is 8. The average Bonchev–Trinajstić information content (AvgIpc) is 3.39. The largest absolute Gasteiger partial charge is 0.366 e. The Labute approximate surface area is 245 Å². The molecule has 0 spiro atoms. The summed E-state index contributed by atoms with van der Waals surface area (Å²) in [4.78, 5) is 37.0. The number of aromatic nitrogens is 3. The van der Waals surface area contributed by atoms with Crippen molar-refractivity contribution in [2.45, 2.75) is 37.8 Å². The molecular weight excluding hydrogens is 538 g/mol. The molecule has 0 aliphatic heterocycles. The number of nitrogens with zero attached hydrogens (tertiary/aromatic N) is 3. The zero-order valence-corrected chi connectivity index (χ0v) is 24.1. The molecule has 4 aromatic rings. The van der Waals surface area contributed by atoms with Crippen molar-refractivity contribution in [1.82, 2.24) is 25.2 Å². The molecule has 1 aliphatic rings. The summed E-state index contributed by atoms with van der Waals surface area (Å²) in [7, 11) is 3.84. The highest BCUT2D eigenvalue weighted by Gasteiger charge is 2.24. The monoisotopic (exact) mass is 573 g/mol. The maximum Gasteiger partial charge on any atom is 0.251 e. The maximum absolute atomic E-state index is 12.5. The fraction of sp³-hybridized carbons (Fsp3) is 0.290. The molecule has 0 bridgehead atoms. The Kier molecular flexibility index (Phi) is 10.5. The number of para-hydroxylation sites is 1. The highest BCUT2D eigenvalue weighted by atomic mass is 35.5. The van der Waals surface area contributed by atoms with Crippen molar-refractivity contribution in [3.8, 4) is 11.3 Å². The first kappa shape index (κ1) is 29.8. The second kappa shape index (κ2) is 14.4. The van der Waals surface area contributed by atoms with Gasteiger partial charge in [0.2, 0.25) is 11.9 Å². The van der Waals surface area contributed by atoms with E-state index in [1.54, 1.807) is 12.3 Å². The third kappa shape index (κ3) is 8.64. The number of fused-ring (bicyclic) bond motifs is 1. The van der Waals surface area contributed by atoms with Gasteiger partial charge in [-0.2, -0.15) is 0 Å². The van der Waals surface area contributed by atoms with Crippen LogP contribution in [0.3, 0.4) is 0 Å². The molecule has 10 heteroatoms. The van der Waals surface area contributed by atoms with Crippen LogP contribution in [-0.4, -0.2) is 64.4 Å². The van der Waals surface area contributed by atoms with E-state index in [-0.39, 0.29) is 18.0 Å². The zero-order chi connectivity index (χ0) is 29.2. The number of aromatic amines is 1. The van der Waals surface area contributed by atoms with Gasteiger partial charge in [-0.3, -0.25) is 9.59 Å². The van der Waals surface area contributed by atoms with Crippen LogP contribution >= 0.6 is 11.6 Å². The number of nitrogens with one attached hydrogen (secondary N) is 3. The van der Waals surface area contributed by atoms with Crippen LogP contribution in [0.5, 0.6) is 0 Å². The van der Waals surface area contributed by atoms with E-state index in [0.717, 1.165) is 48.7 Å². The van der Waals surface area contributed by atoms with Crippen LogP contribution in [0.25, 0.3) is 22.2 Å². The Balaban J connectivity index is 0.000000374. The Morgan fingerprint density at radius 2 is 1.83 bits per heavy atom. The van der Waals surface area contributed by atoms with Crippen LogP contribution in [0.2, 0.25) is 5.02 Å². The third-order valence-electron chi connectivity index (χ3n) is 6.72. The molecule has 2 unspecified atom stereocenters. The lowest BCUT2D eigenvalue weighted by molar-refractivity contribution is -0.113. The molecule has 2 aromatic heterocycles. The van der Waals surface area contributed by atoms with Crippen molar-refractivity contribution in [2.75, 3.05) is 26.0 Å². The van der Waals surface area contributed by atoms with E-state index >= 15 is 0 Å². The number of primary amides is 1. The molecular formula is C31H36ClN7O2. The highest BCUT2D eigenvalue weighted by Crippen LogP contribution is 2.32. The van der Waals surface area contributed by atoms with Gasteiger partial charge in [0.25, 0.3) is 5.91 Å². The van der Waals surface area contributed by atoms with Crippen LogP contribution in [0.15, 0.2) is 79.1 Å². The van der Waals surface area contributed by atoms with Crippen molar-refractivity contribution < 1.29 is 9.59 Å². The minimum absolute atomic E-state index is 0.0272. The highest BCUT2D eigenvalue weighted by molar-refractivity contribution is 6.33. The van der Waals surface area contributed by atoms with Gasteiger partial charge >= 0.3 is 0 Å². The molecule has 2 amide bonds. The number of carbonyl (C=O) groups is 2. The average molecular weight is 574 g/mol. The van der Waals surface area contributed by atoms with Crippen molar-refractivity contribution in [3.05, 3.63) is 89.7 Å². The summed E-state index contributed by atoms with van der Waals surface area (Å²) >= 11 is 6.46. The molecule has 1 saturated carbocycles. The Morgan fingerprint density at radius 3 is 2.59 bits per heavy atom. The molecule has 9 nitrogen and oxygen atoms in total. The maximum atomic E-state index is 12.5. The first-order valence-corrected chi connectivity index (χ1v) is 14.0. The molecule has 5 N–H and O–H groups in total. The zero-order valence-electron chi connectivity index (χ0n) is 23.3. The predicted molar refractivity (Wildman–Crippen MR) is 165 cm³/mol. The van der Waals surface area contributed by atoms with E-state index in [1.807, 2.05) is 79.8 Å². The quantitative estimate of drug-likeness (QED) is 0.219. The molecule has 1 aliphatic carbocycles. The van der Waals surface area contributed by atoms with Gasteiger partial charge in [-0.05, 0) is 64.1 Å². The topological polar surface area (TPSA) is 129 Å². The van der Waals surface area contributed by atoms with Crippen molar-refractivity contribution in [1.29, 1.82) is 0 Å². The van der Waals surface area contributed by atoms with Gasteiger partial charge in [0.1, 0.15) is 0 Å². The molecule has 2 atom stereocenters. The van der Waals surface area contributed by atoms with Crippen molar-refractivity contribution >= 4 is 40.3 Å². The van der Waals surface area contributed by atoms with Crippen molar-refractivity contribution in [2.24, 2.45) is 5.73 Å². The van der Waals surface area contributed by atoms with Gasteiger partial charge in [-0.1, -0.05) is 54.1 Å². The number of hydrogen-bond donors (Lipinski definition) is 4. The second-order valence-electron chi connectivity index (χ2n) is 10.2. The first-order chi connectivity index (χ1) is 19.8. The smallest absolute Gasteiger partial charge is 0.251 e. The SMILES string of the molecule is CN(C)C/C=C/C(N)=O.O=C(NC1CCCC(Nc2ncc(Cl)c(-c3c[nH]c4ccccc34)n2)C1)c1ccccc1. The van der Waals surface area contributed by atoms with Crippen LogP contribution < -0.4 is 16.4 Å². The summed E-state index contributed by atoms with van der Waals surface area (Å²) in [5.74, 6) is 0.132. The number of likely N-dealkylation sites (N-methyl/N-ethyl adjacent to an activating group) is 1. The fourth-order valence-corrected chi connectivity index (χ4v) is 4.96. The number of halogens is 1. The lowest BCUT2D eigenvalue weighted by Crippen LogP contribution is -2.42. The number of hydrogen-bond acceptors (Lipinski definition) is 6. The standard InChI is InChI=1S/C25H24ClN5O.C6H12N2O/c26-21-15-28-25(31-23(21)20-14-27-22-12-5-4-11-19(20)22)30-18-10-6-9-17(13-18)29-24(32)16-7-2-1-3-8-16;1-8(2)5-3-4-6(7)9/h1-5,7-8,11-12,14-15,17-18,27H,6,9-10,13H2,(H,29,32)(H,28,30,31);3-4H,5H2,1-2H3,(H2,7,9)/b;4-3+. The fourth-order valence-electron chi connectivity index (χ4n) is 4.77. The molecule has 1 fully saturated rings. The van der Waals surface area contributed by atoms with Crippen LogP contribution in [0, 0.1) is 0 Å². The number of H-pyrrole nitrogens is 1. The first-order valence-electron chi connectivity index (χ1n) is 13.6. The number of amides is 2. The molecule has 2 heterocycles. The summed E-state index contributed by atoms with van der Waals surface area (Å²) in [5.41, 5.74) is 8.21. The Hall–Kier alpha value is -4.21. The number of benzene rings is 2. The minimum atomic E-state index is -0.392. The summed E-state index contributed by atoms with van der Waals surface area (Å²) in [6.07, 6.45) is 10.5. The van der Waals surface area contributed by atoms with Crippen LogP contribution in [0.1, 0.15) is 36.0 Å². The summed E-state index contributed by atoms with van der Waals surface area (Å²) in [6.45, 7) is 0.753. The van der Waals surface area contributed by atoms with Gasteiger partial charge < -0.3 is 26.3 Å². The lowest BCUT2D eigenvalue weighted by atomic mass is 9.91. The lowest BCUT2D eigenvalue weighted by Gasteiger charge is -2.30. The Morgan fingerprint density at radius 1 is 1.10 bits per heavy atom. The molecule has 0 saturated heterocycles. The third-order valence-corrected chi connectivity index (χ3v) is 7.00. The van der Waals surface area contributed by atoms with E-state index in [2.05, 4.69) is 20.6 Å². The van der Waals surface area contributed by atoms with Gasteiger partial charge in [0.15, 0.2) is 0 Å². The van der Waals surface area contributed by atoms with Gasteiger partial charge in [0, 0.05) is 46.9 Å². The Bertz CT molecular complexity index is 1490.